The van der Waals surface area contributed by atoms with Gasteiger partial charge in [-0.2, -0.15) is 0 Å². The molecule has 0 unspecified atom stereocenters. The van der Waals surface area contributed by atoms with E-state index in [0.717, 1.165) is 13.0 Å². The van der Waals surface area contributed by atoms with E-state index in [1.54, 1.807) is 0 Å². The van der Waals surface area contributed by atoms with Crippen molar-refractivity contribution in [2.24, 2.45) is 5.73 Å². The van der Waals surface area contributed by atoms with Crippen molar-refractivity contribution < 1.29 is 4.79 Å². The molecule has 0 aromatic rings. The van der Waals surface area contributed by atoms with Crippen LogP contribution in [0.5, 0.6) is 0 Å². The zero-order valence-electron chi connectivity index (χ0n) is 7.67. The molecule has 0 aromatic carbocycles. The van der Waals surface area contributed by atoms with Crippen LogP contribution in [0.25, 0.3) is 0 Å². The molecule has 1 fully saturated rings. The van der Waals surface area contributed by atoms with E-state index >= 15 is 0 Å². The molecule has 1 amide bonds. The smallest absolute Gasteiger partial charge is 0.224 e. The van der Waals surface area contributed by atoms with Crippen LogP contribution in [0, 0.1) is 0 Å². The molecular weight excluding hydrogens is 176 g/mol. The summed E-state index contributed by atoms with van der Waals surface area (Å²) in [5, 5.41) is 0. The van der Waals surface area contributed by atoms with E-state index in [4.69, 9.17) is 5.73 Å². The van der Waals surface area contributed by atoms with Crippen LogP contribution in [0.15, 0.2) is 0 Å². The Hall–Kier alpha value is -0.280. The standard InChI is InChI=1S/C8H16N2O.ClH/c1-8(2)4-6-10(8)7(11)3-5-9;/h3-6,9H2,1-2H3;1H. The highest BCUT2D eigenvalue weighted by Gasteiger charge is 2.38. The summed E-state index contributed by atoms with van der Waals surface area (Å²) in [6.45, 7) is 5.55. The molecule has 1 aliphatic heterocycles. The lowest BCUT2D eigenvalue weighted by molar-refractivity contribution is -0.144. The van der Waals surface area contributed by atoms with Crippen molar-refractivity contribution in [2.75, 3.05) is 13.1 Å². The minimum absolute atomic E-state index is 0. The summed E-state index contributed by atoms with van der Waals surface area (Å²) in [5.74, 6) is 0.198. The normalized spacial score (nSPS) is 19.4. The predicted octanol–water partition coefficient (Wildman–Crippen LogP) is 0.768. The van der Waals surface area contributed by atoms with Gasteiger partial charge in [0.05, 0.1) is 0 Å². The van der Waals surface area contributed by atoms with Gasteiger partial charge in [-0.3, -0.25) is 4.79 Å². The van der Waals surface area contributed by atoms with Crippen LogP contribution in [-0.2, 0) is 4.79 Å². The maximum Gasteiger partial charge on any atom is 0.224 e. The Labute approximate surface area is 79.7 Å². The molecule has 1 saturated heterocycles. The summed E-state index contributed by atoms with van der Waals surface area (Å²) in [4.78, 5) is 13.2. The Morgan fingerprint density at radius 2 is 2.17 bits per heavy atom. The molecule has 3 nitrogen and oxygen atoms in total. The maximum atomic E-state index is 11.3. The first-order valence-corrected chi connectivity index (χ1v) is 4.08. The van der Waals surface area contributed by atoms with Gasteiger partial charge < -0.3 is 10.6 Å². The Bertz CT molecular complexity index is 170. The summed E-state index contributed by atoms with van der Waals surface area (Å²) in [6.07, 6.45) is 1.60. The molecule has 0 spiro atoms. The van der Waals surface area contributed by atoms with E-state index in [1.807, 2.05) is 4.90 Å². The molecule has 0 bridgehead atoms. The summed E-state index contributed by atoms with van der Waals surface area (Å²) in [7, 11) is 0. The number of hydrogen-bond donors (Lipinski definition) is 1. The second kappa shape index (κ2) is 4.10. The molecule has 1 aliphatic rings. The van der Waals surface area contributed by atoms with Crippen LogP contribution in [0.2, 0.25) is 0 Å². The first kappa shape index (κ1) is 11.7. The number of halogens is 1. The third-order valence-corrected chi connectivity index (χ3v) is 2.34. The van der Waals surface area contributed by atoms with Gasteiger partial charge in [-0.15, -0.1) is 12.4 Å². The van der Waals surface area contributed by atoms with Gasteiger partial charge in [0.2, 0.25) is 5.91 Å². The first-order valence-electron chi connectivity index (χ1n) is 4.08. The van der Waals surface area contributed by atoms with Crippen molar-refractivity contribution in [3.8, 4) is 0 Å². The molecule has 12 heavy (non-hydrogen) atoms. The van der Waals surface area contributed by atoms with Gasteiger partial charge >= 0.3 is 0 Å². The summed E-state index contributed by atoms with van der Waals surface area (Å²) >= 11 is 0. The highest BCUT2D eigenvalue weighted by atomic mass is 35.5. The minimum atomic E-state index is 0. The minimum Gasteiger partial charge on any atom is -0.337 e. The van der Waals surface area contributed by atoms with Gasteiger partial charge in [-0.25, -0.2) is 0 Å². The molecule has 72 valence electrons. The highest BCUT2D eigenvalue weighted by Crippen LogP contribution is 2.29. The number of likely N-dealkylation sites (tertiary alicyclic amines) is 1. The molecule has 2 N–H and O–H groups in total. The third kappa shape index (κ3) is 2.11. The largest absolute Gasteiger partial charge is 0.337 e. The lowest BCUT2D eigenvalue weighted by Crippen LogP contribution is -2.58. The zero-order chi connectivity index (χ0) is 8.48. The molecule has 0 atom stereocenters. The Morgan fingerprint density at radius 3 is 2.42 bits per heavy atom. The number of rotatable bonds is 2. The van der Waals surface area contributed by atoms with Gasteiger partial charge in [-0.05, 0) is 20.3 Å². The number of carbonyl (C=O) groups excluding carboxylic acids is 1. The summed E-state index contributed by atoms with van der Waals surface area (Å²) in [5.41, 5.74) is 5.38. The Kier molecular flexibility index (Phi) is 4.00. The van der Waals surface area contributed by atoms with Crippen molar-refractivity contribution in [3.63, 3.8) is 0 Å². The van der Waals surface area contributed by atoms with Gasteiger partial charge in [0.15, 0.2) is 0 Å². The molecule has 0 radical (unpaired) electrons. The van der Waals surface area contributed by atoms with Crippen molar-refractivity contribution in [2.45, 2.75) is 32.2 Å². The molecular formula is C8H17ClN2O. The maximum absolute atomic E-state index is 11.3. The van der Waals surface area contributed by atoms with Gasteiger partial charge in [0.25, 0.3) is 0 Å². The summed E-state index contributed by atoms with van der Waals surface area (Å²) in [6, 6.07) is 0. The average Bonchev–Trinajstić information content (AvgIpc) is 1.86. The van der Waals surface area contributed by atoms with Crippen LogP contribution in [0.3, 0.4) is 0 Å². The van der Waals surface area contributed by atoms with E-state index in [-0.39, 0.29) is 23.9 Å². The SMILES string of the molecule is CC1(C)CCN1C(=O)CCN.Cl. The van der Waals surface area contributed by atoms with Gasteiger partial charge in [-0.1, -0.05) is 0 Å². The van der Waals surface area contributed by atoms with Crippen molar-refractivity contribution in [3.05, 3.63) is 0 Å². The number of amides is 1. The first-order chi connectivity index (χ1) is 5.08. The quantitative estimate of drug-likeness (QED) is 0.703. The lowest BCUT2D eigenvalue weighted by Gasteiger charge is -2.48. The van der Waals surface area contributed by atoms with Gasteiger partial charge in [0.1, 0.15) is 0 Å². The number of nitrogens with zero attached hydrogens (tertiary/aromatic N) is 1. The second-order valence-electron chi connectivity index (χ2n) is 3.65. The van der Waals surface area contributed by atoms with Crippen LogP contribution >= 0.6 is 12.4 Å². The van der Waals surface area contributed by atoms with Crippen LogP contribution in [-0.4, -0.2) is 29.4 Å². The molecule has 0 aromatic heterocycles. The summed E-state index contributed by atoms with van der Waals surface area (Å²) < 4.78 is 0. The third-order valence-electron chi connectivity index (χ3n) is 2.34. The fraction of sp³-hybridized carbons (Fsp3) is 0.875. The average molecular weight is 193 g/mol. The van der Waals surface area contributed by atoms with E-state index < -0.39 is 0 Å². The number of hydrogen-bond acceptors (Lipinski definition) is 2. The fourth-order valence-electron chi connectivity index (χ4n) is 1.39. The molecule has 0 aliphatic carbocycles. The number of carbonyl (C=O) groups is 1. The second-order valence-corrected chi connectivity index (χ2v) is 3.65. The number of nitrogens with two attached hydrogens (primary N) is 1. The van der Waals surface area contributed by atoms with Crippen molar-refractivity contribution in [1.29, 1.82) is 0 Å². The van der Waals surface area contributed by atoms with Crippen LogP contribution in [0.1, 0.15) is 26.7 Å². The van der Waals surface area contributed by atoms with E-state index in [0.29, 0.717) is 13.0 Å². The highest BCUT2D eigenvalue weighted by molar-refractivity contribution is 5.85. The predicted molar refractivity (Wildman–Crippen MR) is 51.3 cm³/mol. The molecule has 1 rings (SSSR count). The monoisotopic (exact) mass is 192 g/mol. The molecule has 1 heterocycles. The Morgan fingerprint density at radius 1 is 1.58 bits per heavy atom. The van der Waals surface area contributed by atoms with E-state index in [2.05, 4.69) is 13.8 Å². The fourth-order valence-corrected chi connectivity index (χ4v) is 1.39. The van der Waals surface area contributed by atoms with Crippen molar-refractivity contribution >= 4 is 18.3 Å². The zero-order valence-corrected chi connectivity index (χ0v) is 8.49. The van der Waals surface area contributed by atoms with Crippen LogP contribution < -0.4 is 5.73 Å². The van der Waals surface area contributed by atoms with Crippen molar-refractivity contribution in [1.82, 2.24) is 4.90 Å². The van der Waals surface area contributed by atoms with Crippen LogP contribution in [0.4, 0.5) is 0 Å². The molecule has 4 heteroatoms. The van der Waals surface area contributed by atoms with E-state index in [1.165, 1.54) is 0 Å². The van der Waals surface area contributed by atoms with E-state index in [9.17, 15) is 4.79 Å². The molecule has 0 saturated carbocycles. The Balaban J connectivity index is 0.00000121. The lowest BCUT2D eigenvalue weighted by atomic mass is 9.88. The topological polar surface area (TPSA) is 46.3 Å². The van der Waals surface area contributed by atoms with Gasteiger partial charge in [0, 0.05) is 25.0 Å².